The largest absolute Gasteiger partial charge is 0.478 e. The Labute approximate surface area is 207 Å². The van der Waals surface area contributed by atoms with Crippen molar-refractivity contribution in [2.24, 2.45) is 7.05 Å². The molecule has 0 aliphatic heterocycles. The van der Waals surface area contributed by atoms with Gasteiger partial charge < -0.3 is 10.4 Å². The molecule has 3 N–H and O–H groups in total. The highest BCUT2D eigenvalue weighted by Gasteiger charge is 2.21. The van der Waals surface area contributed by atoms with Crippen molar-refractivity contribution in [2.75, 3.05) is 15.8 Å². The summed E-state index contributed by atoms with van der Waals surface area (Å²) in [6, 6.07) is 9.41. The number of carbonyl (C=O) groups is 1. The summed E-state index contributed by atoms with van der Waals surface area (Å²) >= 11 is 1.93. The van der Waals surface area contributed by atoms with E-state index < -0.39 is 33.2 Å². The summed E-state index contributed by atoms with van der Waals surface area (Å²) in [5.74, 6) is -3.29. The normalized spacial score (nSPS) is 11.3. The van der Waals surface area contributed by atoms with Crippen molar-refractivity contribution < 1.29 is 27.1 Å². The van der Waals surface area contributed by atoms with Crippen LogP contribution >= 0.6 is 22.6 Å². The zero-order valence-electron chi connectivity index (χ0n) is 18.0. The maximum atomic E-state index is 15.0. The van der Waals surface area contributed by atoms with Gasteiger partial charge in [-0.05, 0) is 65.4 Å². The van der Waals surface area contributed by atoms with Gasteiger partial charge in [0.2, 0.25) is 10.0 Å². The highest BCUT2D eigenvalue weighted by molar-refractivity contribution is 14.1. The lowest BCUT2D eigenvalue weighted by atomic mass is 10.0. The van der Waals surface area contributed by atoms with E-state index in [4.69, 9.17) is 0 Å². The van der Waals surface area contributed by atoms with E-state index in [-0.39, 0.29) is 46.1 Å². The van der Waals surface area contributed by atoms with Crippen LogP contribution < -0.4 is 15.6 Å². The summed E-state index contributed by atoms with van der Waals surface area (Å²) in [5.41, 5.74) is -1.29. The molecule has 0 atom stereocenters. The van der Waals surface area contributed by atoms with Crippen molar-refractivity contribution in [3.05, 3.63) is 84.7 Å². The number of carboxylic acid groups (broad SMARTS) is 1. The molecule has 1 heterocycles. The summed E-state index contributed by atoms with van der Waals surface area (Å²) in [7, 11) is -2.42. The Hall–Kier alpha value is -3.00. The predicted molar refractivity (Wildman–Crippen MR) is 133 cm³/mol. The molecule has 3 aromatic rings. The van der Waals surface area contributed by atoms with Crippen LogP contribution in [0.2, 0.25) is 0 Å². The number of benzene rings is 2. The average molecular weight is 603 g/mol. The summed E-state index contributed by atoms with van der Waals surface area (Å²) in [6.07, 6.45) is -0.293. The van der Waals surface area contributed by atoms with Crippen LogP contribution in [-0.4, -0.2) is 29.8 Å². The number of hydrogen-bond acceptors (Lipinski definition) is 5. The molecule has 0 amide bonds. The fourth-order valence-corrected chi connectivity index (χ4v) is 4.29. The molecular formula is C22H20F2IN3O5S. The number of sulfonamides is 1. The number of rotatable bonds is 8. The molecule has 3 rings (SSSR count). The average Bonchev–Trinajstić information content (AvgIpc) is 2.77. The number of carboxylic acids is 1. The van der Waals surface area contributed by atoms with Crippen molar-refractivity contribution in [3.8, 4) is 0 Å². The van der Waals surface area contributed by atoms with Crippen LogP contribution in [0.1, 0.15) is 28.4 Å². The van der Waals surface area contributed by atoms with Gasteiger partial charge in [-0.3, -0.25) is 14.1 Å². The number of nitrogens with zero attached hydrogens (tertiary/aromatic N) is 1. The van der Waals surface area contributed by atoms with E-state index in [9.17, 15) is 31.9 Å². The fourth-order valence-electron chi connectivity index (χ4n) is 3.20. The molecule has 8 nitrogen and oxygen atoms in total. The Balaban J connectivity index is 2.05. The van der Waals surface area contributed by atoms with E-state index in [1.807, 2.05) is 22.6 Å². The molecule has 0 spiro atoms. The van der Waals surface area contributed by atoms with Crippen molar-refractivity contribution in [2.45, 2.75) is 13.3 Å². The molecule has 2 aromatic carbocycles. The minimum absolute atomic E-state index is 0.00544. The van der Waals surface area contributed by atoms with Gasteiger partial charge in [0.25, 0.3) is 5.56 Å². The minimum Gasteiger partial charge on any atom is -0.478 e. The van der Waals surface area contributed by atoms with Gasteiger partial charge in [-0.1, -0.05) is 12.1 Å². The first-order chi connectivity index (χ1) is 15.9. The lowest BCUT2D eigenvalue weighted by Gasteiger charge is -2.17. The van der Waals surface area contributed by atoms with Gasteiger partial charge in [0, 0.05) is 22.6 Å². The Morgan fingerprint density at radius 3 is 2.44 bits per heavy atom. The summed E-state index contributed by atoms with van der Waals surface area (Å²) in [4.78, 5) is 24.9. The summed E-state index contributed by atoms with van der Waals surface area (Å²) in [5, 5.41) is 12.4. The van der Waals surface area contributed by atoms with E-state index >= 15 is 0 Å². The third-order valence-electron chi connectivity index (χ3n) is 5.01. The Morgan fingerprint density at radius 1 is 1.12 bits per heavy atom. The Morgan fingerprint density at radius 2 is 1.82 bits per heavy atom. The third-order valence-corrected chi connectivity index (χ3v) is 6.97. The number of nitrogens with one attached hydrogen (secondary N) is 2. The van der Waals surface area contributed by atoms with Gasteiger partial charge in [0.15, 0.2) is 5.82 Å². The molecular weight excluding hydrogens is 583 g/mol. The molecule has 0 aliphatic carbocycles. The van der Waals surface area contributed by atoms with Gasteiger partial charge >= 0.3 is 5.97 Å². The number of pyridine rings is 1. The second kappa shape index (κ2) is 10.1. The van der Waals surface area contributed by atoms with E-state index in [1.54, 1.807) is 6.07 Å². The number of anilines is 3. The van der Waals surface area contributed by atoms with Crippen molar-refractivity contribution >= 4 is 55.8 Å². The molecule has 12 heteroatoms. The molecule has 1 aromatic heterocycles. The highest BCUT2D eigenvalue weighted by Crippen LogP contribution is 2.26. The number of hydrogen-bond donors (Lipinski definition) is 3. The third kappa shape index (κ3) is 5.55. The second-order valence-corrected chi connectivity index (χ2v) is 10.6. The van der Waals surface area contributed by atoms with Crippen LogP contribution in [0.5, 0.6) is 0 Å². The fraction of sp³-hybridized carbons (Fsp3) is 0.182. The first kappa shape index (κ1) is 25.6. The minimum atomic E-state index is -3.73. The van der Waals surface area contributed by atoms with Gasteiger partial charge in [0.05, 0.1) is 17.1 Å². The first-order valence-corrected chi connectivity index (χ1v) is 12.6. The van der Waals surface area contributed by atoms with E-state index in [2.05, 4.69) is 10.0 Å². The highest BCUT2D eigenvalue weighted by atomic mass is 127. The number of aromatic carboxylic acids is 1. The molecule has 0 saturated heterocycles. The number of aromatic nitrogens is 1. The zero-order valence-corrected chi connectivity index (χ0v) is 21.0. The molecule has 180 valence electrons. The van der Waals surface area contributed by atoms with Crippen molar-refractivity contribution in [3.63, 3.8) is 0 Å². The van der Waals surface area contributed by atoms with Gasteiger partial charge in [-0.15, -0.1) is 0 Å². The van der Waals surface area contributed by atoms with E-state index in [0.717, 1.165) is 10.6 Å². The molecule has 0 saturated carbocycles. The summed E-state index contributed by atoms with van der Waals surface area (Å²) < 4.78 is 56.7. The molecule has 34 heavy (non-hydrogen) atoms. The molecule has 0 bridgehead atoms. The summed E-state index contributed by atoms with van der Waals surface area (Å²) in [6.45, 7) is 1.40. The van der Waals surface area contributed by atoms with Gasteiger partial charge in [-0.25, -0.2) is 22.0 Å². The van der Waals surface area contributed by atoms with E-state index in [0.29, 0.717) is 3.57 Å². The van der Waals surface area contributed by atoms with Crippen molar-refractivity contribution in [1.82, 2.24) is 4.57 Å². The zero-order chi connectivity index (χ0) is 25.2. The monoisotopic (exact) mass is 603 g/mol. The quantitative estimate of drug-likeness (QED) is 0.335. The van der Waals surface area contributed by atoms with Crippen LogP contribution in [-0.2, 0) is 23.5 Å². The topological polar surface area (TPSA) is 118 Å². The van der Waals surface area contributed by atoms with Gasteiger partial charge in [-0.2, -0.15) is 0 Å². The van der Waals surface area contributed by atoms with Crippen molar-refractivity contribution in [1.29, 1.82) is 0 Å². The standard InChI is InChI=1S/C22H20F2IN3O5S/c1-3-34(32,33)27-18-6-4-5-12(19(18)24)9-13-10-15(22(30)31)20(28(2)21(13)29)26-17-8-7-14(25)11-16(17)23/h4-8,10-11,26-27H,3,9H2,1-2H3,(H,30,31). The van der Waals surface area contributed by atoms with Crippen LogP contribution in [0.4, 0.5) is 26.0 Å². The van der Waals surface area contributed by atoms with Crippen LogP contribution in [0.25, 0.3) is 0 Å². The molecule has 0 aliphatic rings. The lowest BCUT2D eigenvalue weighted by Crippen LogP contribution is -2.26. The first-order valence-electron chi connectivity index (χ1n) is 9.89. The Bertz CT molecular complexity index is 1440. The van der Waals surface area contributed by atoms with Gasteiger partial charge in [0.1, 0.15) is 17.2 Å². The Kier molecular flexibility index (Phi) is 7.60. The molecule has 0 unspecified atom stereocenters. The maximum absolute atomic E-state index is 15.0. The second-order valence-electron chi connectivity index (χ2n) is 7.31. The SMILES string of the molecule is CCS(=O)(=O)Nc1cccc(Cc2cc(C(=O)O)c(Nc3ccc(I)cc3F)n(C)c2=O)c1F. The predicted octanol–water partition coefficient (Wildman–Crippen LogP) is 4.06. The lowest BCUT2D eigenvalue weighted by molar-refractivity contribution is 0.0697. The molecule has 0 radical (unpaired) electrons. The maximum Gasteiger partial charge on any atom is 0.339 e. The smallest absolute Gasteiger partial charge is 0.339 e. The van der Waals surface area contributed by atoms with Crippen LogP contribution in [0.3, 0.4) is 0 Å². The molecule has 0 fully saturated rings. The van der Waals surface area contributed by atoms with Crippen LogP contribution in [0, 0.1) is 15.2 Å². The number of halogens is 3. The van der Waals surface area contributed by atoms with Crippen LogP contribution in [0.15, 0.2) is 47.3 Å². The van der Waals surface area contributed by atoms with E-state index in [1.165, 1.54) is 44.3 Å².